The summed E-state index contributed by atoms with van der Waals surface area (Å²) < 4.78 is 3.48. The fourth-order valence-corrected chi connectivity index (χ4v) is 3.38. The normalized spacial score (nSPS) is 13.7. The third-order valence-electron chi connectivity index (χ3n) is 4.36. The Morgan fingerprint density at radius 2 is 1.96 bits per heavy atom. The summed E-state index contributed by atoms with van der Waals surface area (Å²) >= 11 is 0. The largest absolute Gasteiger partial charge is 0.411 e. The van der Waals surface area contributed by atoms with E-state index in [1.165, 1.54) is 13.1 Å². The summed E-state index contributed by atoms with van der Waals surface area (Å²) in [7, 11) is 0. The standard InChI is InChI=1S/C19H22N4O3/c1-12(24)9-13(10-21-26)16-17-18(25)23(19(2,3)4)15-8-6-5-7-14(15)22(17)11-20-16/h5-8,10-11,13,26H,9H2,1-4H3/b21-10-. The van der Waals surface area contributed by atoms with Gasteiger partial charge in [0.05, 0.1) is 22.9 Å². The van der Waals surface area contributed by atoms with Crippen LogP contribution in [0.2, 0.25) is 0 Å². The lowest BCUT2D eigenvalue weighted by Gasteiger charge is -2.25. The van der Waals surface area contributed by atoms with Crippen LogP contribution >= 0.6 is 0 Å². The van der Waals surface area contributed by atoms with E-state index in [0.29, 0.717) is 11.2 Å². The molecular formula is C19H22N4O3. The van der Waals surface area contributed by atoms with Gasteiger partial charge in [0, 0.05) is 17.9 Å². The van der Waals surface area contributed by atoms with Gasteiger partial charge in [-0.05, 0) is 39.8 Å². The molecule has 0 aliphatic heterocycles. The second-order valence-corrected chi connectivity index (χ2v) is 7.43. The van der Waals surface area contributed by atoms with Crippen LogP contribution in [-0.4, -0.2) is 31.2 Å². The molecule has 0 fully saturated rings. The van der Waals surface area contributed by atoms with Crippen LogP contribution in [0.4, 0.5) is 0 Å². The van der Waals surface area contributed by atoms with E-state index >= 15 is 0 Å². The van der Waals surface area contributed by atoms with Crippen LogP contribution in [0.1, 0.15) is 45.7 Å². The van der Waals surface area contributed by atoms with E-state index in [1.54, 1.807) is 15.3 Å². The summed E-state index contributed by atoms with van der Waals surface area (Å²) in [4.78, 5) is 29.4. The Balaban J connectivity index is 2.45. The second kappa shape index (κ2) is 6.40. The molecule has 3 aromatic rings. The van der Waals surface area contributed by atoms with Crippen molar-refractivity contribution in [1.29, 1.82) is 0 Å². The van der Waals surface area contributed by atoms with Crippen LogP contribution in [0.3, 0.4) is 0 Å². The zero-order chi connectivity index (χ0) is 19.1. The van der Waals surface area contributed by atoms with E-state index < -0.39 is 11.5 Å². The third-order valence-corrected chi connectivity index (χ3v) is 4.36. The highest BCUT2D eigenvalue weighted by Crippen LogP contribution is 2.26. The molecule has 136 valence electrons. The number of rotatable bonds is 4. The summed E-state index contributed by atoms with van der Waals surface area (Å²) in [5, 5.41) is 12.1. The summed E-state index contributed by atoms with van der Waals surface area (Å²) in [5.41, 5.74) is 1.85. The first kappa shape index (κ1) is 17.8. The van der Waals surface area contributed by atoms with Crippen molar-refractivity contribution in [2.24, 2.45) is 5.16 Å². The van der Waals surface area contributed by atoms with Gasteiger partial charge < -0.3 is 5.21 Å². The second-order valence-electron chi connectivity index (χ2n) is 7.43. The molecule has 7 heteroatoms. The Bertz CT molecular complexity index is 1070. The molecule has 1 atom stereocenters. The van der Waals surface area contributed by atoms with Gasteiger partial charge in [0.25, 0.3) is 5.56 Å². The van der Waals surface area contributed by atoms with Gasteiger partial charge in [-0.2, -0.15) is 0 Å². The lowest BCUT2D eigenvalue weighted by molar-refractivity contribution is -0.117. The Morgan fingerprint density at radius 3 is 2.54 bits per heavy atom. The number of carbonyl (C=O) groups excluding carboxylic acids is 1. The van der Waals surface area contributed by atoms with Gasteiger partial charge in [0.15, 0.2) is 0 Å². The smallest absolute Gasteiger partial charge is 0.277 e. The third kappa shape index (κ3) is 2.89. The Morgan fingerprint density at radius 1 is 1.31 bits per heavy atom. The minimum absolute atomic E-state index is 0.0759. The number of carbonyl (C=O) groups is 1. The van der Waals surface area contributed by atoms with Crippen molar-refractivity contribution in [3.8, 4) is 0 Å². The Labute approximate surface area is 150 Å². The minimum Gasteiger partial charge on any atom is -0.411 e. The summed E-state index contributed by atoms with van der Waals surface area (Å²) in [6.45, 7) is 7.36. The number of aromatic nitrogens is 3. The lowest BCUT2D eigenvalue weighted by atomic mass is 9.99. The Hall–Kier alpha value is -2.96. The molecule has 0 bridgehead atoms. The number of fused-ring (bicyclic) bond motifs is 3. The average molecular weight is 354 g/mol. The predicted octanol–water partition coefficient (Wildman–Crippen LogP) is 2.93. The van der Waals surface area contributed by atoms with Crippen molar-refractivity contribution in [2.45, 2.75) is 45.6 Å². The Kier molecular flexibility index (Phi) is 4.39. The maximum Gasteiger partial charge on any atom is 0.277 e. The van der Waals surface area contributed by atoms with Crippen molar-refractivity contribution in [1.82, 2.24) is 14.0 Å². The van der Waals surface area contributed by atoms with Crippen LogP contribution < -0.4 is 5.56 Å². The molecule has 2 aromatic heterocycles. The summed E-state index contributed by atoms with van der Waals surface area (Å²) in [6.07, 6.45) is 2.94. The van der Waals surface area contributed by atoms with Gasteiger partial charge in [-0.3, -0.25) is 18.6 Å². The van der Waals surface area contributed by atoms with Gasteiger partial charge in [0.1, 0.15) is 17.6 Å². The van der Waals surface area contributed by atoms with Crippen molar-refractivity contribution in [3.63, 3.8) is 0 Å². The molecule has 1 N–H and O–H groups in total. The number of benzene rings is 1. The molecule has 0 spiro atoms. The number of para-hydroxylation sites is 2. The molecule has 0 radical (unpaired) electrons. The van der Waals surface area contributed by atoms with Crippen LogP contribution in [-0.2, 0) is 10.3 Å². The first-order valence-electron chi connectivity index (χ1n) is 8.44. The molecule has 0 aliphatic carbocycles. The van der Waals surface area contributed by atoms with Crippen molar-refractivity contribution < 1.29 is 10.0 Å². The number of hydrogen-bond acceptors (Lipinski definition) is 5. The minimum atomic E-state index is -0.565. The van der Waals surface area contributed by atoms with Gasteiger partial charge >= 0.3 is 0 Å². The van der Waals surface area contributed by atoms with Crippen molar-refractivity contribution >= 4 is 28.5 Å². The zero-order valence-corrected chi connectivity index (χ0v) is 15.3. The summed E-state index contributed by atoms with van der Waals surface area (Å²) in [6, 6.07) is 7.63. The van der Waals surface area contributed by atoms with Crippen LogP contribution in [0.25, 0.3) is 16.6 Å². The van der Waals surface area contributed by atoms with Crippen LogP contribution in [0, 0.1) is 0 Å². The van der Waals surface area contributed by atoms with Gasteiger partial charge in [0.2, 0.25) is 0 Å². The fraction of sp³-hybridized carbons (Fsp3) is 0.368. The van der Waals surface area contributed by atoms with E-state index in [0.717, 1.165) is 11.0 Å². The number of nitrogens with zero attached hydrogens (tertiary/aromatic N) is 4. The van der Waals surface area contributed by atoms with E-state index in [1.807, 2.05) is 45.0 Å². The lowest BCUT2D eigenvalue weighted by Crippen LogP contribution is -2.35. The zero-order valence-electron chi connectivity index (χ0n) is 15.3. The molecule has 7 nitrogen and oxygen atoms in total. The highest BCUT2D eigenvalue weighted by atomic mass is 16.4. The maximum atomic E-state index is 13.4. The first-order chi connectivity index (χ1) is 12.3. The highest BCUT2D eigenvalue weighted by molar-refractivity contribution is 5.85. The van der Waals surface area contributed by atoms with E-state index in [4.69, 9.17) is 5.21 Å². The molecule has 3 rings (SSSR count). The van der Waals surface area contributed by atoms with E-state index in [9.17, 15) is 9.59 Å². The number of hydrogen-bond donors (Lipinski definition) is 1. The molecule has 0 saturated carbocycles. The SMILES string of the molecule is CC(=O)CC(/C=N\O)c1ncn2c1c(=O)n(C(C)(C)C)c1ccccc12. The predicted molar refractivity (Wildman–Crippen MR) is 100 cm³/mol. The monoisotopic (exact) mass is 354 g/mol. The average Bonchev–Trinajstić information content (AvgIpc) is 2.98. The number of oxime groups is 1. The van der Waals surface area contributed by atoms with Gasteiger partial charge in [-0.15, -0.1) is 5.16 Å². The summed E-state index contributed by atoms with van der Waals surface area (Å²) in [5.74, 6) is -0.641. The van der Waals surface area contributed by atoms with Gasteiger partial charge in [-0.1, -0.05) is 12.1 Å². The molecule has 0 amide bonds. The fourth-order valence-electron chi connectivity index (χ4n) is 3.38. The van der Waals surface area contributed by atoms with Gasteiger partial charge in [-0.25, -0.2) is 4.98 Å². The maximum absolute atomic E-state index is 13.4. The number of imidazole rings is 1. The van der Waals surface area contributed by atoms with Crippen molar-refractivity contribution in [3.05, 3.63) is 46.6 Å². The molecule has 0 saturated heterocycles. The topological polar surface area (TPSA) is 89.0 Å². The highest BCUT2D eigenvalue weighted by Gasteiger charge is 2.25. The molecule has 1 unspecified atom stereocenters. The first-order valence-corrected chi connectivity index (χ1v) is 8.44. The van der Waals surface area contributed by atoms with Crippen LogP contribution in [0.15, 0.2) is 40.5 Å². The molecule has 26 heavy (non-hydrogen) atoms. The molecule has 1 aromatic carbocycles. The number of Topliss-reactive ketones (excluding diaryl/α,β-unsaturated/α-hetero) is 1. The molecule has 2 heterocycles. The van der Waals surface area contributed by atoms with E-state index in [2.05, 4.69) is 10.1 Å². The molecular weight excluding hydrogens is 332 g/mol. The van der Waals surface area contributed by atoms with Crippen LogP contribution in [0.5, 0.6) is 0 Å². The molecule has 0 aliphatic rings. The van der Waals surface area contributed by atoms with Crippen molar-refractivity contribution in [2.75, 3.05) is 0 Å². The van der Waals surface area contributed by atoms with E-state index in [-0.39, 0.29) is 17.8 Å². The quantitative estimate of drug-likeness (QED) is 0.443. The number of ketones is 1.